The van der Waals surface area contributed by atoms with Crippen molar-refractivity contribution in [2.24, 2.45) is 0 Å². The fourth-order valence-corrected chi connectivity index (χ4v) is 5.43. The highest BCUT2D eigenvalue weighted by molar-refractivity contribution is 6.55. The third-order valence-electron chi connectivity index (χ3n) is 4.63. The van der Waals surface area contributed by atoms with Gasteiger partial charge in [0, 0.05) is 13.2 Å². The summed E-state index contributed by atoms with van der Waals surface area (Å²) in [4.78, 5) is 0. The average Bonchev–Trinajstić information content (AvgIpc) is 2.60. The molecule has 0 aliphatic carbocycles. The van der Waals surface area contributed by atoms with Crippen LogP contribution in [0.1, 0.15) is 13.8 Å². The van der Waals surface area contributed by atoms with E-state index in [4.69, 9.17) is 9.47 Å². The van der Waals surface area contributed by atoms with Crippen LogP contribution >= 0.6 is 0 Å². The number of benzene rings is 4. The molecule has 0 N–H and O–H groups in total. The predicted octanol–water partition coefficient (Wildman–Crippen LogP) is 3.73. The largest absolute Gasteiger partial charge is 0.357 e. The molecule has 0 bridgehead atoms. The third-order valence-corrected chi connectivity index (χ3v) is 6.31. The molecule has 2 nitrogen and oxygen atoms in total. The van der Waals surface area contributed by atoms with Crippen LogP contribution in [0.25, 0.3) is 32.3 Å². The Morgan fingerprint density at radius 3 is 1.79 bits per heavy atom. The molecule has 0 atom stereocenters. The zero-order chi connectivity index (χ0) is 16.5. The van der Waals surface area contributed by atoms with Crippen molar-refractivity contribution in [3.63, 3.8) is 0 Å². The molecule has 0 heterocycles. The first kappa shape index (κ1) is 15.6. The predicted molar refractivity (Wildman–Crippen MR) is 105 cm³/mol. The summed E-state index contributed by atoms with van der Waals surface area (Å²) in [5.74, 6) is -0.0340. The van der Waals surface area contributed by atoms with E-state index in [1.54, 1.807) is 0 Å². The molecule has 0 fully saturated rings. The van der Waals surface area contributed by atoms with Gasteiger partial charge in [0.15, 0.2) is 0 Å². The minimum absolute atomic E-state index is 0.0340. The van der Waals surface area contributed by atoms with Gasteiger partial charge in [-0.05, 0) is 46.2 Å². The maximum atomic E-state index is 5.78. The van der Waals surface area contributed by atoms with Crippen LogP contribution in [0.3, 0.4) is 0 Å². The second kappa shape index (κ2) is 6.52. The van der Waals surface area contributed by atoms with Gasteiger partial charge >= 0.3 is 0 Å². The first-order valence-corrected chi connectivity index (χ1v) is 10.2. The smallest absolute Gasteiger partial charge is 0.139 e. The van der Waals surface area contributed by atoms with Gasteiger partial charge in [-0.3, -0.25) is 0 Å². The van der Waals surface area contributed by atoms with Crippen molar-refractivity contribution in [3.05, 3.63) is 54.6 Å². The minimum Gasteiger partial charge on any atom is -0.357 e. The Kier molecular flexibility index (Phi) is 4.23. The van der Waals surface area contributed by atoms with Gasteiger partial charge in [-0.1, -0.05) is 59.8 Å². The molecular formula is C21H22O2Si. The van der Waals surface area contributed by atoms with E-state index in [0.717, 1.165) is 0 Å². The molecule has 122 valence electrons. The van der Waals surface area contributed by atoms with Crippen LogP contribution < -0.4 is 5.19 Å². The van der Waals surface area contributed by atoms with Gasteiger partial charge in [0.2, 0.25) is 0 Å². The van der Waals surface area contributed by atoms with Crippen molar-refractivity contribution in [1.29, 1.82) is 0 Å². The molecule has 24 heavy (non-hydrogen) atoms. The number of hydrogen-bond acceptors (Lipinski definition) is 2. The standard InChI is InChI=1S/C21H22O2Si/c1-3-22-21(23-4-2)24-18-12-16-10-8-14-6-5-7-15-9-11-17(13-18)20(16)19(14)15/h5-13,21H,3-4,24H2,1-2H3. The summed E-state index contributed by atoms with van der Waals surface area (Å²) in [6.45, 7) is 5.46. The van der Waals surface area contributed by atoms with Gasteiger partial charge < -0.3 is 9.47 Å². The minimum atomic E-state index is -0.648. The van der Waals surface area contributed by atoms with E-state index in [1.165, 1.54) is 37.5 Å². The van der Waals surface area contributed by atoms with Crippen LogP contribution in [0.2, 0.25) is 0 Å². The fraction of sp³-hybridized carbons (Fsp3) is 0.238. The SMILES string of the molecule is CCOC(OCC)[SiH2]c1cc2ccc3cccc4ccc(c1)c2c34. The van der Waals surface area contributed by atoms with Gasteiger partial charge in [0.05, 0.1) is 0 Å². The molecule has 3 heteroatoms. The zero-order valence-electron chi connectivity index (χ0n) is 14.2. The van der Waals surface area contributed by atoms with Gasteiger partial charge in [0.1, 0.15) is 15.4 Å². The Morgan fingerprint density at radius 2 is 1.25 bits per heavy atom. The maximum Gasteiger partial charge on any atom is 0.139 e. The molecule has 0 amide bonds. The number of hydrogen-bond donors (Lipinski definition) is 0. The van der Waals surface area contributed by atoms with Crippen LogP contribution in [0.4, 0.5) is 0 Å². The Bertz CT molecular complexity index is 910. The fourth-order valence-electron chi connectivity index (χ4n) is 3.67. The lowest BCUT2D eigenvalue weighted by atomic mass is 9.94. The molecule has 0 saturated heterocycles. The Labute approximate surface area is 144 Å². The first-order valence-electron chi connectivity index (χ1n) is 8.69. The van der Waals surface area contributed by atoms with Crippen LogP contribution in [0.5, 0.6) is 0 Å². The maximum absolute atomic E-state index is 5.78. The normalized spacial score (nSPS) is 12.6. The third kappa shape index (κ3) is 2.69. The molecule has 4 rings (SSSR count). The summed E-state index contributed by atoms with van der Waals surface area (Å²) < 4.78 is 11.6. The van der Waals surface area contributed by atoms with Crippen molar-refractivity contribution in [1.82, 2.24) is 0 Å². The quantitative estimate of drug-likeness (QED) is 0.304. The second-order valence-corrected chi connectivity index (χ2v) is 8.06. The van der Waals surface area contributed by atoms with Crippen molar-refractivity contribution in [2.45, 2.75) is 19.8 Å². The zero-order valence-corrected chi connectivity index (χ0v) is 15.6. The lowest BCUT2D eigenvalue weighted by molar-refractivity contribution is -0.0817. The van der Waals surface area contributed by atoms with E-state index in [2.05, 4.69) is 54.6 Å². The van der Waals surface area contributed by atoms with Crippen LogP contribution in [0.15, 0.2) is 54.6 Å². The Hall–Kier alpha value is -1.94. The molecule has 0 saturated carbocycles. The van der Waals surface area contributed by atoms with Gasteiger partial charge in [-0.2, -0.15) is 0 Å². The number of ether oxygens (including phenoxy) is 2. The highest BCUT2D eigenvalue weighted by Gasteiger charge is 2.13. The molecule has 0 radical (unpaired) electrons. The molecule has 4 aromatic carbocycles. The van der Waals surface area contributed by atoms with Gasteiger partial charge in [-0.25, -0.2) is 0 Å². The van der Waals surface area contributed by atoms with E-state index in [1.807, 2.05) is 13.8 Å². The summed E-state index contributed by atoms with van der Waals surface area (Å²) in [5, 5.41) is 9.44. The molecule has 0 aliphatic heterocycles. The van der Waals surface area contributed by atoms with E-state index < -0.39 is 9.52 Å². The molecule has 0 unspecified atom stereocenters. The summed E-state index contributed by atoms with van der Waals surface area (Å²) in [7, 11) is -0.648. The molecule has 0 aromatic heterocycles. The van der Waals surface area contributed by atoms with Crippen molar-refractivity contribution < 1.29 is 9.47 Å². The van der Waals surface area contributed by atoms with Gasteiger partial charge in [-0.15, -0.1) is 0 Å². The van der Waals surface area contributed by atoms with E-state index in [0.29, 0.717) is 13.2 Å². The lowest BCUT2D eigenvalue weighted by Gasteiger charge is -2.18. The summed E-state index contributed by atoms with van der Waals surface area (Å²) in [6, 6.07) is 20.2. The van der Waals surface area contributed by atoms with E-state index in [-0.39, 0.29) is 5.91 Å². The lowest BCUT2D eigenvalue weighted by Crippen LogP contribution is -2.33. The monoisotopic (exact) mass is 334 g/mol. The van der Waals surface area contributed by atoms with E-state index in [9.17, 15) is 0 Å². The summed E-state index contributed by atoms with van der Waals surface area (Å²) in [5.41, 5.74) is 0. The topological polar surface area (TPSA) is 18.5 Å². The highest BCUT2D eigenvalue weighted by atomic mass is 28.2. The van der Waals surface area contributed by atoms with Crippen LogP contribution in [-0.2, 0) is 9.47 Å². The average molecular weight is 334 g/mol. The molecule has 4 aromatic rings. The number of rotatable bonds is 6. The van der Waals surface area contributed by atoms with Crippen molar-refractivity contribution in [2.75, 3.05) is 13.2 Å². The van der Waals surface area contributed by atoms with Crippen molar-refractivity contribution >= 4 is 47.0 Å². The Balaban J connectivity index is 1.84. The summed E-state index contributed by atoms with van der Waals surface area (Å²) >= 11 is 0. The molecule has 0 aliphatic rings. The van der Waals surface area contributed by atoms with Crippen molar-refractivity contribution in [3.8, 4) is 0 Å². The summed E-state index contributed by atoms with van der Waals surface area (Å²) in [6.07, 6.45) is 0. The van der Waals surface area contributed by atoms with Gasteiger partial charge in [0.25, 0.3) is 0 Å². The Morgan fingerprint density at radius 1 is 0.750 bits per heavy atom. The van der Waals surface area contributed by atoms with E-state index >= 15 is 0 Å². The second-order valence-electron chi connectivity index (χ2n) is 6.17. The highest BCUT2D eigenvalue weighted by Crippen LogP contribution is 2.33. The van der Waals surface area contributed by atoms with Crippen LogP contribution in [-0.4, -0.2) is 28.6 Å². The first-order chi connectivity index (χ1) is 11.8. The van der Waals surface area contributed by atoms with Crippen LogP contribution in [0, 0.1) is 0 Å². The molecular weight excluding hydrogens is 312 g/mol. The molecule has 0 spiro atoms.